The van der Waals surface area contributed by atoms with Crippen LogP contribution in [0.2, 0.25) is 0 Å². The number of H-pyrrole nitrogens is 2. The number of imidazole rings is 2. The van der Waals surface area contributed by atoms with Gasteiger partial charge in [0.25, 0.3) is 0 Å². The second kappa shape index (κ2) is 43.0. The summed E-state index contributed by atoms with van der Waals surface area (Å²) >= 11 is 0. The van der Waals surface area contributed by atoms with Crippen molar-refractivity contribution in [3.63, 3.8) is 0 Å². The van der Waals surface area contributed by atoms with Gasteiger partial charge in [-0.3, -0.25) is 57.7 Å². The van der Waals surface area contributed by atoms with E-state index in [9.17, 15) is 58.5 Å². The van der Waals surface area contributed by atoms with E-state index in [0.29, 0.717) is 77.6 Å². The molecule has 6 aliphatic rings. The van der Waals surface area contributed by atoms with Gasteiger partial charge >= 0.3 is 0 Å². The van der Waals surface area contributed by atoms with Crippen LogP contribution in [-0.2, 0) is 85.0 Å². The van der Waals surface area contributed by atoms with Gasteiger partial charge in [0, 0.05) is 131 Å². The number of rotatable bonds is 36. The van der Waals surface area contributed by atoms with E-state index in [-0.39, 0.29) is 117 Å². The molecule has 0 bridgehead atoms. The van der Waals surface area contributed by atoms with Crippen molar-refractivity contribution in [2.24, 2.45) is 39.6 Å². The number of likely N-dealkylation sites (N-methyl/N-ethyl adjacent to an activating group) is 1. The molecule has 4 aromatic carbocycles. The highest BCUT2D eigenvalue weighted by Gasteiger charge is 2.63. The number of nitrogens with one attached hydrogen (secondary N) is 11. The fourth-order valence-electron chi connectivity index (χ4n) is 19.0. The molecule has 4 aliphatic carbocycles. The lowest BCUT2D eigenvalue weighted by atomic mass is 9.51. The number of hydrogen-bond donors (Lipinski definition) is 16. The van der Waals surface area contributed by atoms with Gasteiger partial charge in [0.15, 0.2) is 11.7 Å². The quantitative estimate of drug-likeness (QED) is 0.0112. The number of aromatic amines is 2. The average molecular weight is 1750 g/mol. The number of phenolic OH excluding ortho intramolecular Hbond substituents is 1. The van der Waals surface area contributed by atoms with Crippen molar-refractivity contribution >= 4 is 87.4 Å². The Labute approximate surface area is 744 Å². The van der Waals surface area contributed by atoms with Gasteiger partial charge in [-0.25, -0.2) is 9.97 Å². The van der Waals surface area contributed by atoms with E-state index >= 15 is 9.59 Å². The highest BCUT2D eigenvalue weighted by atomic mass is 16.3. The number of aromatic nitrogens is 5. The van der Waals surface area contributed by atoms with Crippen molar-refractivity contribution in [2.75, 3.05) is 45.2 Å². The summed E-state index contributed by atoms with van der Waals surface area (Å²) in [6, 6.07) is 19.5. The molecular weight excluding hydrogens is 1630 g/mol. The summed E-state index contributed by atoms with van der Waals surface area (Å²) in [5.41, 5.74) is 20.3. The van der Waals surface area contributed by atoms with Crippen molar-refractivity contribution in [3.05, 3.63) is 191 Å². The molecule has 14 atom stereocenters. The molecule has 10 amide bonds. The van der Waals surface area contributed by atoms with Gasteiger partial charge in [-0.2, -0.15) is 0 Å². The molecule has 0 radical (unpaired) electrons. The van der Waals surface area contributed by atoms with Gasteiger partial charge in [-0.15, -0.1) is 5.92 Å². The number of aliphatic imine (C=N–C) groups is 1. The van der Waals surface area contributed by atoms with Crippen LogP contribution in [0.5, 0.6) is 5.75 Å². The first-order chi connectivity index (χ1) is 61.4. The van der Waals surface area contributed by atoms with E-state index in [0.717, 1.165) is 44.1 Å². The molecule has 2 saturated heterocycles. The number of anilines is 1. The highest BCUT2D eigenvalue weighted by Crippen LogP contribution is 2.67. The van der Waals surface area contributed by atoms with Crippen molar-refractivity contribution in [1.29, 1.82) is 0 Å². The largest absolute Gasteiger partial charge is 0.508 e. The maximum atomic E-state index is 15.1. The normalized spacial score (nSPS) is 21.4. The number of ketones is 1. The Hall–Kier alpha value is -13.0. The molecular formula is C95H121N19O14. The first kappa shape index (κ1) is 94.2. The number of aromatic hydroxyl groups is 1. The molecule has 33 nitrogen and oxygen atoms in total. The molecule has 0 unspecified atom stereocenters. The van der Waals surface area contributed by atoms with Crippen LogP contribution < -0.4 is 64.2 Å². The lowest BCUT2D eigenvalue weighted by Gasteiger charge is -2.53. The third-order valence-electron chi connectivity index (χ3n) is 25.5. The zero-order chi connectivity index (χ0) is 91.5. The molecule has 2 saturated carbocycles. The number of likely N-dealkylation sites (tertiary alicyclic amines) is 1. The minimum atomic E-state index is -1.79. The van der Waals surface area contributed by atoms with Crippen molar-refractivity contribution < 1.29 is 68.1 Å². The molecule has 128 heavy (non-hydrogen) atoms. The molecule has 680 valence electrons. The summed E-state index contributed by atoms with van der Waals surface area (Å²) in [5.74, 6) is 0.0373. The first-order valence-corrected chi connectivity index (χ1v) is 44.3. The van der Waals surface area contributed by atoms with E-state index < -0.39 is 114 Å². The van der Waals surface area contributed by atoms with Gasteiger partial charge in [-0.05, 0) is 178 Å². The monoisotopic (exact) mass is 1750 g/mol. The van der Waals surface area contributed by atoms with Crippen LogP contribution in [0.25, 0.3) is 10.9 Å². The van der Waals surface area contributed by atoms with E-state index in [2.05, 4.69) is 135 Å². The van der Waals surface area contributed by atoms with Crippen LogP contribution in [0.1, 0.15) is 164 Å². The fourth-order valence-corrected chi connectivity index (χ4v) is 19.0. The number of aliphatic hydroxyl groups excluding tert-OH is 1. The summed E-state index contributed by atoms with van der Waals surface area (Å²) in [5, 5.41) is 58.0. The summed E-state index contributed by atoms with van der Waals surface area (Å²) in [4.78, 5) is 176. The first-order valence-electron chi connectivity index (χ1n) is 44.3. The third-order valence-corrected chi connectivity index (χ3v) is 25.5. The molecule has 33 heteroatoms. The van der Waals surface area contributed by atoms with Crippen LogP contribution in [-0.4, -0.2) is 216 Å². The third kappa shape index (κ3) is 23.4. The maximum Gasteiger partial charge on any atom is 0.245 e. The number of benzene rings is 4. The van der Waals surface area contributed by atoms with Crippen molar-refractivity contribution in [3.8, 4) is 17.6 Å². The number of hydrogen-bond acceptors (Lipinski definition) is 18. The van der Waals surface area contributed by atoms with Crippen LogP contribution in [0.4, 0.5) is 5.69 Å². The SMILES string of the molecule is CC#C[C@]1(O)CC[C@H]2[C@@H]3CCC4=CC(=O)CCC4=C3[C@@H](c3ccc(N(C)C)cc3)C[C@@]21C.CCNC(=O)[C@@H]1CCCN1C(=O)[C@H](CCCN=C(N)N)NC(=O)[C@H](CC(C)C)NC(=O)[C@@H](Cc1cn(Cc2ccccc2)cn1)NC(=O)[C@H](Cc1ccc(O)cc1)NC(=O)[C@H](CO)NC(=O)[C@H](Cc1c[nH]c2ccccc12)NC(=O)[C@H](Cc1cnc[nH]1)NC(=O)[C@@H]1CCC(=O)N1. The predicted molar refractivity (Wildman–Crippen MR) is 482 cm³/mol. The van der Waals surface area contributed by atoms with Gasteiger partial charge < -0.3 is 99.0 Å². The summed E-state index contributed by atoms with van der Waals surface area (Å²) in [7, 11) is 4.14. The van der Waals surface area contributed by atoms with Gasteiger partial charge in [-0.1, -0.05) is 105 Å². The van der Waals surface area contributed by atoms with Crippen molar-refractivity contribution in [1.82, 2.24) is 77.3 Å². The summed E-state index contributed by atoms with van der Waals surface area (Å²) in [6.07, 6.45) is 16.7. The van der Waals surface area contributed by atoms with E-state index in [1.165, 1.54) is 64.1 Å². The number of aliphatic hydroxyl groups is 2. The molecule has 7 aromatic rings. The molecule has 13 rings (SSSR count). The fraction of sp³-hybridized carbons (Fsp3) is 0.474. The number of allylic oxidation sites excluding steroid dienone is 4. The second-order valence-corrected chi connectivity index (χ2v) is 35.1. The van der Waals surface area contributed by atoms with Crippen LogP contribution in [0.3, 0.4) is 0 Å². The van der Waals surface area contributed by atoms with Crippen LogP contribution in [0.15, 0.2) is 162 Å². The number of nitrogens with zero attached hydrogens (tertiary/aromatic N) is 6. The number of para-hydroxylation sites is 1. The van der Waals surface area contributed by atoms with Crippen molar-refractivity contribution in [2.45, 2.75) is 223 Å². The Kier molecular flexibility index (Phi) is 31.7. The summed E-state index contributed by atoms with van der Waals surface area (Å²) < 4.78 is 1.78. The molecule has 4 fully saturated rings. The number of nitrogens with two attached hydrogens (primary N) is 2. The topological polar surface area (TPSA) is 490 Å². The Balaban J connectivity index is 0.000000384. The number of amides is 10. The lowest BCUT2D eigenvalue weighted by Crippen LogP contribution is -2.61. The predicted octanol–water partition coefficient (Wildman–Crippen LogP) is 4.41. The smallest absolute Gasteiger partial charge is 0.245 e. The maximum absolute atomic E-state index is 15.1. The molecule has 0 spiro atoms. The average Bonchev–Trinajstić information content (AvgIpc) is 1.50. The number of phenols is 1. The molecule has 2 aliphatic heterocycles. The highest BCUT2D eigenvalue weighted by molar-refractivity contribution is 6.00. The number of carbonyl (C=O) groups excluding carboxylic acids is 11. The lowest BCUT2D eigenvalue weighted by molar-refractivity contribution is -0.142. The zero-order valence-electron chi connectivity index (χ0n) is 73.7. The molecule has 3 aromatic heterocycles. The zero-order valence-corrected chi connectivity index (χ0v) is 73.7. The minimum absolute atomic E-state index is 0.0495. The van der Waals surface area contributed by atoms with Crippen LogP contribution in [0, 0.1) is 35.0 Å². The van der Waals surface area contributed by atoms with Gasteiger partial charge in [0.1, 0.15) is 65.7 Å². The molecule has 18 N–H and O–H groups in total. The Morgan fingerprint density at radius 3 is 2.02 bits per heavy atom. The van der Waals surface area contributed by atoms with E-state index in [4.69, 9.17) is 11.5 Å². The Morgan fingerprint density at radius 2 is 1.37 bits per heavy atom. The van der Waals surface area contributed by atoms with Gasteiger partial charge in [0.05, 0.1) is 25.0 Å². The van der Waals surface area contributed by atoms with E-state index in [1.807, 2.05) is 63.2 Å². The standard InChI is InChI=1S/C66H86N18O12.C29H35NO2/c1-4-70-64(95)55-17-11-25-84(55)65(96)48(16-10-24-71-66(67)68)76-58(89)49(26-38(2)3)77-62(93)53(30-43-34-83(37-74-43)33-40-12-6-5-7-13-40)81-59(90)50(27-39-18-20-44(86)21-19-39)78-63(94)54(35-85)82-60(91)51(28-41-31-72-46-15-9-8-14-45(41)46)79-61(92)52(29-42-32-69-36-73-42)80-57(88)47-22-23-56(87)75-47;1-5-15-29(32)16-14-26-24-12-8-20-17-22(31)11-13-23(20)27(24)25(18-28(26,29)2)19-6-9-21(10-7-19)30(3)4/h5-9,12-15,18-21,31-32,34,36-38,47-55,72,85-86H,4,10-11,16-17,22-30,33,35H2,1-3H3,(H,69,73)(H,70,95)(H,75,87)(H,76,89)(H,77,93)(H,78,94)(H,79,92)(H,80,88)(H,81,90)(H,82,91)(H4,67,68,71);6-7,9-10,17,24-26,32H,8,11-14,16,18H2,1-4H3/t47-,48-,49-,50-,51-,52-,53+,54-,55-;24-,25+,26-,28-,29-/m00/s1. The van der Waals surface area contributed by atoms with E-state index in [1.54, 1.807) is 54.0 Å². The Morgan fingerprint density at radius 1 is 0.711 bits per heavy atom. The number of carbonyl (C=O) groups is 11. The summed E-state index contributed by atoms with van der Waals surface area (Å²) in [6.45, 7) is 9.64. The second-order valence-electron chi connectivity index (χ2n) is 35.1. The van der Waals surface area contributed by atoms with Crippen LogP contribution >= 0.6 is 0 Å². The van der Waals surface area contributed by atoms with Gasteiger partial charge in [0.2, 0.25) is 59.1 Å². The molecule has 5 heterocycles. The minimum Gasteiger partial charge on any atom is -0.508 e. The Bertz CT molecular complexity index is 5300. The number of fused-ring (bicyclic) bond motifs is 5. The number of guanidine groups is 1.